The van der Waals surface area contributed by atoms with E-state index < -0.39 is 0 Å². The van der Waals surface area contributed by atoms with E-state index in [-0.39, 0.29) is 5.91 Å². The van der Waals surface area contributed by atoms with Gasteiger partial charge in [0.2, 0.25) is 5.95 Å². The standard InChI is InChI=1S/C19H18ClN5O/c20-15-6-4-14(5-7-15)8-11-22-18(26)17-9-12-23-19(25-17)24-13-16-3-1-2-10-21-16/h1-7,9-10,12H,8,11,13H2,(H,22,26)(H,23,24,25). The number of amides is 1. The summed E-state index contributed by atoms with van der Waals surface area (Å²) in [4.78, 5) is 24.8. The number of hydrogen-bond acceptors (Lipinski definition) is 5. The predicted molar refractivity (Wildman–Crippen MR) is 101 cm³/mol. The van der Waals surface area contributed by atoms with E-state index in [4.69, 9.17) is 11.6 Å². The Labute approximate surface area is 156 Å². The summed E-state index contributed by atoms with van der Waals surface area (Å²) in [6.07, 6.45) is 4.00. The fourth-order valence-corrected chi connectivity index (χ4v) is 2.43. The van der Waals surface area contributed by atoms with E-state index in [9.17, 15) is 4.79 Å². The lowest BCUT2D eigenvalue weighted by molar-refractivity contribution is 0.0949. The van der Waals surface area contributed by atoms with Crippen LogP contribution in [0.2, 0.25) is 5.02 Å². The molecule has 0 radical (unpaired) electrons. The average molecular weight is 368 g/mol. The van der Waals surface area contributed by atoms with Gasteiger partial charge in [0, 0.05) is 24.0 Å². The second kappa shape index (κ2) is 8.92. The number of carbonyl (C=O) groups is 1. The Bertz CT molecular complexity index is 855. The van der Waals surface area contributed by atoms with Crippen LogP contribution in [-0.4, -0.2) is 27.4 Å². The fraction of sp³-hybridized carbons (Fsp3) is 0.158. The van der Waals surface area contributed by atoms with E-state index in [1.807, 2.05) is 42.5 Å². The second-order valence-corrected chi connectivity index (χ2v) is 6.01. The molecule has 2 aromatic heterocycles. The van der Waals surface area contributed by atoms with Crippen molar-refractivity contribution in [2.75, 3.05) is 11.9 Å². The first-order valence-electron chi connectivity index (χ1n) is 8.20. The van der Waals surface area contributed by atoms with Crippen LogP contribution in [0, 0.1) is 0 Å². The molecule has 0 fully saturated rings. The molecule has 0 aliphatic carbocycles. The highest BCUT2D eigenvalue weighted by Gasteiger charge is 2.08. The van der Waals surface area contributed by atoms with E-state index >= 15 is 0 Å². The number of pyridine rings is 1. The zero-order valence-electron chi connectivity index (χ0n) is 14.0. The smallest absolute Gasteiger partial charge is 0.270 e. The van der Waals surface area contributed by atoms with Gasteiger partial charge in [-0.2, -0.15) is 0 Å². The van der Waals surface area contributed by atoms with Gasteiger partial charge in [-0.15, -0.1) is 0 Å². The van der Waals surface area contributed by atoms with Crippen LogP contribution < -0.4 is 10.6 Å². The maximum absolute atomic E-state index is 12.3. The molecule has 1 amide bonds. The lowest BCUT2D eigenvalue weighted by Gasteiger charge is -2.07. The first kappa shape index (κ1) is 17.8. The topological polar surface area (TPSA) is 79.8 Å². The van der Waals surface area contributed by atoms with Crippen molar-refractivity contribution in [2.45, 2.75) is 13.0 Å². The third kappa shape index (κ3) is 5.26. The Morgan fingerprint density at radius 1 is 1.00 bits per heavy atom. The summed E-state index contributed by atoms with van der Waals surface area (Å²) in [6, 6.07) is 14.8. The molecule has 0 atom stereocenters. The first-order valence-corrected chi connectivity index (χ1v) is 8.58. The summed E-state index contributed by atoms with van der Waals surface area (Å²) < 4.78 is 0. The van der Waals surface area contributed by atoms with Crippen LogP contribution in [0.4, 0.5) is 5.95 Å². The van der Waals surface area contributed by atoms with E-state index in [0.717, 1.165) is 17.7 Å². The largest absolute Gasteiger partial charge is 0.350 e. The first-order chi connectivity index (χ1) is 12.7. The lowest BCUT2D eigenvalue weighted by Crippen LogP contribution is -2.26. The van der Waals surface area contributed by atoms with Crippen molar-refractivity contribution in [3.05, 3.63) is 82.9 Å². The van der Waals surface area contributed by atoms with E-state index in [1.165, 1.54) is 0 Å². The summed E-state index contributed by atoms with van der Waals surface area (Å²) >= 11 is 5.86. The van der Waals surface area contributed by atoms with E-state index in [2.05, 4.69) is 25.6 Å². The van der Waals surface area contributed by atoms with Gasteiger partial charge < -0.3 is 10.6 Å². The summed E-state index contributed by atoms with van der Waals surface area (Å²) in [5.41, 5.74) is 2.30. The van der Waals surface area contributed by atoms with Crippen molar-refractivity contribution >= 4 is 23.5 Å². The number of nitrogens with one attached hydrogen (secondary N) is 2. The lowest BCUT2D eigenvalue weighted by atomic mass is 10.1. The molecule has 26 heavy (non-hydrogen) atoms. The number of anilines is 1. The quantitative estimate of drug-likeness (QED) is 0.670. The van der Waals surface area contributed by atoms with Crippen molar-refractivity contribution in [1.29, 1.82) is 0 Å². The number of halogens is 1. The minimum absolute atomic E-state index is 0.234. The van der Waals surface area contributed by atoms with Gasteiger partial charge in [0.1, 0.15) is 5.69 Å². The summed E-state index contributed by atoms with van der Waals surface area (Å²) in [6.45, 7) is 1.00. The SMILES string of the molecule is O=C(NCCc1ccc(Cl)cc1)c1ccnc(NCc2ccccn2)n1. The molecule has 3 rings (SSSR count). The average Bonchev–Trinajstić information content (AvgIpc) is 2.69. The van der Waals surface area contributed by atoms with Crippen LogP contribution in [0.3, 0.4) is 0 Å². The molecule has 0 saturated heterocycles. The normalized spacial score (nSPS) is 10.3. The Balaban J connectivity index is 1.51. The molecule has 0 saturated carbocycles. The molecule has 0 spiro atoms. The summed E-state index contributed by atoms with van der Waals surface area (Å²) in [5, 5.41) is 6.63. The van der Waals surface area contributed by atoms with Gasteiger partial charge in [-0.05, 0) is 42.3 Å². The minimum Gasteiger partial charge on any atom is -0.350 e. The van der Waals surface area contributed by atoms with Crippen LogP contribution in [0.1, 0.15) is 21.7 Å². The molecule has 132 valence electrons. The van der Waals surface area contributed by atoms with Crippen molar-refractivity contribution in [3.8, 4) is 0 Å². The van der Waals surface area contributed by atoms with Crippen LogP contribution in [-0.2, 0) is 13.0 Å². The predicted octanol–water partition coefficient (Wildman–Crippen LogP) is 3.11. The maximum atomic E-state index is 12.3. The van der Waals surface area contributed by atoms with Crippen molar-refractivity contribution in [3.63, 3.8) is 0 Å². The number of rotatable bonds is 7. The molecular formula is C19H18ClN5O. The molecule has 2 heterocycles. The van der Waals surface area contributed by atoms with Crippen LogP contribution in [0.5, 0.6) is 0 Å². The molecule has 3 aromatic rings. The highest BCUT2D eigenvalue weighted by molar-refractivity contribution is 6.30. The number of aromatic nitrogens is 3. The molecule has 0 aliphatic rings. The third-order valence-electron chi connectivity index (χ3n) is 3.65. The fourth-order valence-electron chi connectivity index (χ4n) is 2.30. The molecule has 0 bridgehead atoms. The van der Waals surface area contributed by atoms with Gasteiger partial charge in [-0.1, -0.05) is 29.8 Å². The van der Waals surface area contributed by atoms with Crippen LogP contribution in [0.25, 0.3) is 0 Å². The van der Waals surface area contributed by atoms with Gasteiger partial charge in [-0.3, -0.25) is 9.78 Å². The molecule has 0 unspecified atom stereocenters. The Morgan fingerprint density at radius 3 is 2.62 bits per heavy atom. The van der Waals surface area contributed by atoms with Crippen molar-refractivity contribution in [2.24, 2.45) is 0 Å². The number of hydrogen-bond donors (Lipinski definition) is 2. The molecule has 2 N–H and O–H groups in total. The van der Waals surface area contributed by atoms with E-state index in [0.29, 0.717) is 29.8 Å². The molecule has 1 aromatic carbocycles. The van der Waals surface area contributed by atoms with Crippen LogP contribution >= 0.6 is 11.6 Å². The number of nitrogens with zero attached hydrogens (tertiary/aromatic N) is 3. The van der Waals surface area contributed by atoms with Crippen molar-refractivity contribution in [1.82, 2.24) is 20.3 Å². The number of benzene rings is 1. The second-order valence-electron chi connectivity index (χ2n) is 5.57. The number of carbonyl (C=O) groups excluding carboxylic acids is 1. The summed E-state index contributed by atoms with van der Waals surface area (Å²) in [7, 11) is 0. The Kier molecular flexibility index (Phi) is 6.11. The third-order valence-corrected chi connectivity index (χ3v) is 3.91. The van der Waals surface area contributed by atoms with Gasteiger partial charge in [-0.25, -0.2) is 9.97 Å². The van der Waals surface area contributed by atoms with Gasteiger partial charge in [0.05, 0.1) is 12.2 Å². The Morgan fingerprint density at radius 2 is 1.85 bits per heavy atom. The highest BCUT2D eigenvalue weighted by Crippen LogP contribution is 2.09. The molecular weight excluding hydrogens is 350 g/mol. The van der Waals surface area contributed by atoms with Gasteiger partial charge in [0.25, 0.3) is 5.91 Å². The van der Waals surface area contributed by atoms with Gasteiger partial charge >= 0.3 is 0 Å². The monoisotopic (exact) mass is 367 g/mol. The van der Waals surface area contributed by atoms with E-state index in [1.54, 1.807) is 18.5 Å². The summed E-state index contributed by atoms with van der Waals surface area (Å²) in [5.74, 6) is 0.156. The van der Waals surface area contributed by atoms with Crippen LogP contribution in [0.15, 0.2) is 60.9 Å². The molecule has 0 aliphatic heterocycles. The molecule has 7 heteroatoms. The maximum Gasteiger partial charge on any atom is 0.270 e. The zero-order valence-corrected chi connectivity index (χ0v) is 14.8. The zero-order chi connectivity index (χ0) is 18.2. The molecule has 6 nitrogen and oxygen atoms in total. The van der Waals surface area contributed by atoms with Gasteiger partial charge in [0.15, 0.2) is 0 Å². The minimum atomic E-state index is -0.234. The highest BCUT2D eigenvalue weighted by atomic mass is 35.5. The van der Waals surface area contributed by atoms with Crippen molar-refractivity contribution < 1.29 is 4.79 Å². The Hall–Kier alpha value is -2.99.